The van der Waals surface area contributed by atoms with Gasteiger partial charge < -0.3 is 14.7 Å². The van der Waals surface area contributed by atoms with Gasteiger partial charge >= 0.3 is 0 Å². The monoisotopic (exact) mass is 320 g/mol. The van der Waals surface area contributed by atoms with E-state index in [0.717, 1.165) is 22.2 Å². The Balaban J connectivity index is 1.57. The minimum atomic E-state index is -0.297. The summed E-state index contributed by atoms with van der Waals surface area (Å²) in [5, 5.41) is 3.58. The van der Waals surface area contributed by atoms with Crippen molar-refractivity contribution in [3.8, 4) is 11.3 Å². The Morgan fingerprint density at radius 2 is 1.88 bits per heavy atom. The number of nitrogens with one attached hydrogen (secondary N) is 2. The second-order valence-electron chi connectivity index (χ2n) is 5.42. The third-order valence-corrected chi connectivity index (χ3v) is 3.78. The van der Waals surface area contributed by atoms with Crippen molar-refractivity contribution >= 4 is 22.5 Å². The van der Waals surface area contributed by atoms with E-state index in [1.165, 1.54) is 18.4 Å². The van der Waals surface area contributed by atoms with Crippen molar-refractivity contribution in [3.05, 3.63) is 78.5 Å². The minimum Gasteiger partial charge on any atom is -0.459 e. The van der Waals surface area contributed by atoms with E-state index in [4.69, 9.17) is 4.42 Å². The number of halogens is 1. The molecule has 0 unspecified atom stereocenters. The van der Waals surface area contributed by atoms with Gasteiger partial charge in [-0.2, -0.15) is 0 Å². The molecule has 4 rings (SSSR count). The summed E-state index contributed by atoms with van der Waals surface area (Å²) in [5.41, 5.74) is 3.38. The second kappa shape index (κ2) is 5.70. The van der Waals surface area contributed by atoms with Crippen LogP contribution >= 0.6 is 0 Å². The SMILES string of the molecule is O=C(Nc1ccc(-c2cc3cc(F)ccc3[nH]2)cc1)c1ccco1. The number of fused-ring (bicyclic) bond motifs is 1. The number of furan rings is 1. The van der Waals surface area contributed by atoms with Gasteiger partial charge in [-0.3, -0.25) is 4.79 Å². The maximum absolute atomic E-state index is 13.3. The van der Waals surface area contributed by atoms with Gasteiger partial charge in [-0.25, -0.2) is 4.39 Å². The van der Waals surface area contributed by atoms with Crippen LogP contribution in [-0.2, 0) is 0 Å². The van der Waals surface area contributed by atoms with Crippen molar-refractivity contribution in [3.63, 3.8) is 0 Å². The number of aromatic amines is 1. The van der Waals surface area contributed by atoms with Gasteiger partial charge in [0, 0.05) is 22.3 Å². The van der Waals surface area contributed by atoms with Gasteiger partial charge in [-0.05, 0) is 54.1 Å². The number of amides is 1. The number of aromatic nitrogens is 1. The van der Waals surface area contributed by atoms with Gasteiger partial charge in [0.05, 0.1) is 6.26 Å². The Bertz CT molecular complexity index is 1000. The van der Waals surface area contributed by atoms with Crippen LogP contribution in [0.5, 0.6) is 0 Å². The lowest BCUT2D eigenvalue weighted by Gasteiger charge is -2.04. The highest BCUT2D eigenvalue weighted by Gasteiger charge is 2.09. The average molecular weight is 320 g/mol. The molecule has 2 aromatic carbocycles. The normalized spacial score (nSPS) is 10.9. The first-order valence-corrected chi connectivity index (χ1v) is 7.43. The number of H-pyrrole nitrogens is 1. The quantitative estimate of drug-likeness (QED) is 0.568. The minimum absolute atomic E-state index is 0.260. The summed E-state index contributed by atoms with van der Waals surface area (Å²) in [6, 6.07) is 17.2. The van der Waals surface area contributed by atoms with Crippen LogP contribution in [0.4, 0.5) is 10.1 Å². The van der Waals surface area contributed by atoms with Crippen LogP contribution in [0.15, 0.2) is 71.3 Å². The van der Waals surface area contributed by atoms with Gasteiger partial charge in [0.2, 0.25) is 0 Å². The molecule has 2 N–H and O–H groups in total. The van der Waals surface area contributed by atoms with E-state index in [-0.39, 0.29) is 17.5 Å². The number of hydrogen-bond acceptors (Lipinski definition) is 2. The number of rotatable bonds is 3. The molecule has 0 atom stereocenters. The van der Waals surface area contributed by atoms with E-state index in [1.54, 1.807) is 18.2 Å². The van der Waals surface area contributed by atoms with Gasteiger partial charge in [0.15, 0.2) is 5.76 Å². The van der Waals surface area contributed by atoms with Gasteiger partial charge in [-0.1, -0.05) is 12.1 Å². The lowest BCUT2D eigenvalue weighted by Crippen LogP contribution is -2.10. The van der Waals surface area contributed by atoms with Crippen LogP contribution < -0.4 is 5.32 Å². The predicted octanol–water partition coefficient (Wildman–Crippen LogP) is 4.82. The van der Waals surface area contributed by atoms with Crippen molar-refractivity contribution in [1.29, 1.82) is 0 Å². The molecule has 0 spiro atoms. The molecule has 5 heteroatoms. The number of anilines is 1. The summed E-state index contributed by atoms with van der Waals surface area (Å²) in [6.07, 6.45) is 1.46. The molecule has 0 fully saturated rings. The highest BCUT2D eigenvalue weighted by molar-refractivity contribution is 6.02. The first-order valence-electron chi connectivity index (χ1n) is 7.43. The van der Waals surface area contributed by atoms with Crippen molar-refractivity contribution < 1.29 is 13.6 Å². The zero-order valence-electron chi connectivity index (χ0n) is 12.5. The van der Waals surface area contributed by atoms with Crippen LogP contribution in [0.1, 0.15) is 10.6 Å². The third kappa shape index (κ3) is 2.67. The zero-order valence-corrected chi connectivity index (χ0v) is 12.5. The van der Waals surface area contributed by atoms with E-state index < -0.39 is 0 Å². The van der Waals surface area contributed by atoms with Crippen molar-refractivity contribution in [1.82, 2.24) is 4.98 Å². The lowest BCUT2D eigenvalue weighted by atomic mass is 10.1. The number of carbonyl (C=O) groups is 1. The molecule has 118 valence electrons. The van der Waals surface area contributed by atoms with Crippen LogP contribution in [0, 0.1) is 5.82 Å². The van der Waals surface area contributed by atoms with Crippen LogP contribution in [0.25, 0.3) is 22.2 Å². The molecule has 0 saturated carbocycles. The fraction of sp³-hybridized carbons (Fsp3) is 0. The maximum Gasteiger partial charge on any atom is 0.291 e. The standard InChI is InChI=1S/C19H13FN2O2/c20-14-5-8-16-13(10-14)11-17(22-16)12-3-6-15(7-4-12)21-19(23)18-2-1-9-24-18/h1-11,22H,(H,21,23). The number of benzene rings is 2. The summed E-state index contributed by atoms with van der Waals surface area (Å²) >= 11 is 0. The molecule has 2 heterocycles. The molecule has 0 aliphatic heterocycles. The fourth-order valence-corrected chi connectivity index (χ4v) is 2.59. The van der Waals surface area contributed by atoms with Gasteiger partial charge in [0.1, 0.15) is 5.82 Å². The molecule has 0 bridgehead atoms. The highest BCUT2D eigenvalue weighted by Crippen LogP contribution is 2.26. The topological polar surface area (TPSA) is 58.0 Å². The summed E-state index contributed by atoms with van der Waals surface area (Å²) in [6.45, 7) is 0. The Labute approximate surface area is 136 Å². The first kappa shape index (κ1) is 14.3. The molecule has 2 aromatic heterocycles. The van der Waals surface area contributed by atoms with Crippen LogP contribution in [-0.4, -0.2) is 10.9 Å². The largest absolute Gasteiger partial charge is 0.459 e. The summed E-state index contributed by atoms with van der Waals surface area (Å²) < 4.78 is 18.3. The first-order chi connectivity index (χ1) is 11.7. The molecule has 24 heavy (non-hydrogen) atoms. The molecular weight excluding hydrogens is 307 g/mol. The maximum atomic E-state index is 13.3. The molecule has 4 nitrogen and oxygen atoms in total. The second-order valence-corrected chi connectivity index (χ2v) is 5.42. The van der Waals surface area contributed by atoms with E-state index >= 15 is 0 Å². The molecule has 0 aliphatic rings. The van der Waals surface area contributed by atoms with Gasteiger partial charge in [-0.15, -0.1) is 0 Å². The number of hydrogen-bond donors (Lipinski definition) is 2. The molecule has 0 radical (unpaired) electrons. The zero-order chi connectivity index (χ0) is 16.5. The summed E-state index contributed by atoms with van der Waals surface area (Å²) in [4.78, 5) is 15.2. The average Bonchev–Trinajstić information content (AvgIpc) is 3.24. The Morgan fingerprint density at radius 3 is 2.62 bits per heavy atom. The predicted molar refractivity (Wildman–Crippen MR) is 90.4 cm³/mol. The Morgan fingerprint density at radius 1 is 1.04 bits per heavy atom. The van der Waals surface area contributed by atoms with Crippen molar-refractivity contribution in [2.45, 2.75) is 0 Å². The number of carbonyl (C=O) groups excluding carboxylic acids is 1. The van der Waals surface area contributed by atoms with Gasteiger partial charge in [0.25, 0.3) is 5.91 Å². The van der Waals surface area contributed by atoms with E-state index in [9.17, 15) is 9.18 Å². The molecule has 1 amide bonds. The van der Waals surface area contributed by atoms with E-state index in [0.29, 0.717) is 5.69 Å². The summed E-state index contributed by atoms with van der Waals surface area (Å²) in [7, 11) is 0. The molecular formula is C19H13FN2O2. The highest BCUT2D eigenvalue weighted by atomic mass is 19.1. The Kier molecular flexibility index (Phi) is 3.39. The lowest BCUT2D eigenvalue weighted by molar-refractivity contribution is 0.0996. The summed E-state index contributed by atoms with van der Waals surface area (Å²) in [5.74, 6) is -0.297. The van der Waals surface area contributed by atoms with Crippen molar-refractivity contribution in [2.24, 2.45) is 0 Å². The molecule has 4 aromatic rings. The Hall–Kier alpha value is -3.34. The molecule has 0 saturated heterocycles. The van der Waals surface area contributed by atoms with Crippen molar-refractivity contribution in [2.75, 3.05) is 5.32 Å². The fourth-order valence-electron chi connectivity index (χ4n) is 2.59. The van der Waals surface area contributed by atoms with E-state index in [1.807, 2.05) is 30.3 Å². The van der Waals surface area contributed by atoms with Crippen LogP contribution in [0.2, 0.25) is 0 Å². The third-order valence-electron chi connectivity index (χ3n) is 3.78. The molecule has 0 aliphatic carbocycles. The van der Waals surface area contributed by atoms with Crippen LogP contribution in [0.3, 0.4) is 0 Å². The van der Waals surface area contributed by atoms with E-state index in [2.05, 4.69) is 10.3 Å². The smallest absolute Gasteiger partial charge is 0.291 e.